The van der Waals surface area contributed by atoms with Crippen LogP contribution in [0.2, 0.25) is 0 Å². The number of nitrogens with two attached hydrogens (primary N) is 1. The molecule has 4 amide bonds. The smallest absolute Gasteiger partial charge is 0.475 e. The number of carbonyl (C=O) groups is 6. The Morgan fingerprint density at radius 2 is 1.45 bits per heavy atom. The van der Waals surface area contributed by atoms with Crippen molar-refractivity contribution in [3.8, 4) is 0 Å². The van der Waals surface area contributed by atoms with Crippen molar-refractivity contribution < 1.29 is 61.3 Å². The number of amides is 4. The SMILES string of the molecule is CCOC(=O)/C=C/[C@H](CCC(N)=O)NC(=O)[C@H](Cc1ccccc1)NC(=O)[C@H](CCCN1CCOCC1)NC(=O)OCc1ccccc1.O=C(O)C(F)(F)F. The second kappa shape index (κ2) is 24.8. The van der Waals surface area contributed by atoms with Gasteiger partial charge in [0.05, 0.1) is 19.8 Å². The molecule has 0 radical (unpaired) electrons. The lowest BCUT2D eigenvalue weighted by molar-refractivity contribution is -0.192. The first-order valence-corrected chi connectivity index (χ1v) is 17.5. The molecule has 6 N–H and O–H groups in total. The summed E-state index contributed by atoms with van der Waals surface area (Å²) in [5.41, 5.74) is 6.92. The zero-order chi connectivity index (χ0) is 40.6. The number of nitrogens with zero attached hydrogens (tertiary/aromatic N) is 1. The maximum atomic E-state index is 13.8. The summed E-state index contributed by atoms with van der Waals surface area (Å²) in [6, 6.07) is 15.5. The highest BCUT2D eigenvalue weighted by molar-refractivity contribution is 5.92. The molecule has 0 spiro atoms. The van der Waals surface area contributed by atoms with Crippen LogP contribution < -0.4 is 21.7 Å². The van der Waals surface area contributed by atoms with Gasteiger partial charge in [0.15, 0.2) is 0 Å². The van der Waals surface area contributed by atoms with Crippen LogP contribution in [0.4, 0.5) is 18.0 Å². The summed E-state index contributed by atoms with van der Waals surface area (Å²) in [5.74, 6) is -5.03. The van der Waals surface area contributed by atoms with Gasteiger partial charge in [-0.3, -0.25) is 19.3 Å². The molecule has 18 heteroatoms. The monoisotopic (exact) mass is 779 g/mol. The normalized spacial score (nSPS) is 14.6. The van der Waals surface area contributed by atoms with Crippen molar-refractivity contribution in [1.82, 2.24) is 20.9 Å². The average Bonchev–Trinajstić information content (AvgIpc) is 3.15. The minimum atomic E-state index is -5.08. The van der Waals surface area contributed by atoms with E-state index in [2.05, 4.69) is 20.9 Å². The van der Waals surface area contributed by atoms with E-state index < -0.39 is 60.1 Å². The van der Waals surface area contributed by atoms with Crippen molar-refractivity contribution in [2.24, 2.45) is 5.73 Å². The molecule has 0 unspecified atom stereocenters. The van der Waals surface area contributed by atoms with Gasteiger partial charge in [0.2, 0.25) is 17.7 Å². The third kappa shape index (κ3) is 20.0. The first kappa shape index (κ1) is 45.7. The number of hydrogen-bond donors (Lipinski definition) is 5. The maximum absolute atomic E-state index is 13.8. The van der Waals surface area contributed by atoms with Crippen LogP contribution in [0.3, 0.4) is 0 Å². The largest absolute Gasteiger partial charge is 0.490 e. The number of halogens is 3. The molecule has 3 rings (SSSR count). The van der Waals surface area contributed by atoms with E-state index >= 15 is 0 Å². The fraction of sp³-hybridized carbons (Fsp3) is 0.459. The van der Waals surface area contributed by atoms with Crippen LogP contribution in [-0.4, -0.2) is 110 Å². The minimum Gasteiger partial charge on any atom is -0.475 e. The van der Waals surface area contributed by atoms with Crippen molar-refractivity contribution in [2.75, 3.05) is 39.5 Å². The van der Waals surface area contributed by atoms with Gasteiger partial charge >= 0.3 is 24.2 Å². The molecule has 2 aromatic rings. The average molecular weight is 780 g/mol. The van der Waals surface area contributed by atoms with Gasteiger partial charge in [-0.15, -0.1) is 0 Å². The maximum Gasteiger partial charge on any atom is 0.490 e. The summed E-state index contributed by atoms with van der Waals surface area (Å²) < 4.78 is 47.5. The molecule has 0 bridgehead atoms. The molecule has 3 atom stereocenters. The molecule has 15 nitrogen and oxygen atoms in total. The minimum absolute atomic E-state index is 0.0276. The van der Waals surface area contributed by atoms with Gasteiger partial charge in [0, 0.05) is 38.0 Å². The quantitative estimate of drug-likeness (QED) is 0.103. The number of alkyl halides is 3. The Bertz CT molecular complexity index is 1540. The highest BCUT2D eigenvalue weighted by Gasteiger charge is 2.38. The Balaban J connectivity index is 0.00000136. The first-order chi connectivity index (χ1) is 26.2. The lowest BCUT2D eigenvalue weighted by Gasteiger charge is -2.28. The predicted molar refractivity (Wildman–Crippen MR) is 192 cm³/mol. The Kier molecular flexibility index (Phi) is 20.6. The van der Waals surface area contributed by atoms with Crippen LogP contribution in [0.5, 0.6) is 0 Å². The summed E-state index contributed by atoms with van der Waals surface area (Å²) in [6.07, 6.45) is -2.12. The van der Waals surface area contributed by atoms with Gasteiger partial charge in [-0.05, 0) is 43.9 Å². The fourth-order valence-electron chi connectivity index (χ4n) is 5.03. The Morgan fingerprint density at radius 1 is 0.873 bits per heavy atom. The van der Waals surface area contributed by atoms with Crippen LogP contribution in [0, 0.1) is 0 Å². The lowest BCUT2D eigenvalue weighted by Crippen LogP contribution is -2.55. The molecule has 0 aliphatic carbocycles. The fourth-order valence-corrected chi connectivity index (χ4v) is 5.03. The van der Waals surface area contributed by atoms with Gasteiger partial charge in [0.25, 0.3) is 0 Å². The predicted octanol–water partition coefficient (Wildman–Crippen LogP) is 2.62. The van der Waals surface area contributed by atoms with Gasteiger partial charge in [-0.2, -0.15) is 13.2 Å². The van der Waals surface area contributed by atoms with Crippen molar-refractivity contribution in [1.29, 1.82) is 0 Å². The molecular weight excluding hydrogens is 731 g/mol. The Labute approximate surface area is 316 Å². The van der Waals surface area contributed by atoms with E-state index in [-0.39, 0.29) is 32.5 Å². The number of aliphatic carboxylic acids is 1. The summed E-state index contributed by atoms with van der Waals surface area (Å²) in [6.45, 7) is 5.42. The number of rotatable bonds is 19. The van der Waals surface area contributed by atoms with Crippen LogP contribution in [0.25, 0.3) is 0 Å². The molecule has 1 aliphatic rings. The number of carboxylic acids is 1. The number of nitrogens with one attached hydrogen (secondary N) is 3. The number of ether oxygens (including phenoxy) is 3. The first-order valence-electron chi connectivity index (χ1n) is 17.5. The number of esters is 1. The summed E-state index contributed by atoms with van der Waals surface area (Å²) in [5, 5.41) is 15.5. The van der Waals surface area contributed by atoms with E-state index in [0.29, 0.717) is 32.6 Å². The van der Waals surface area contributed by atoms with E-state index in [1.807, 2.05) is 60.7 Å². The van der Waals surface area contributed by atoms with Crippen molar-refractivity contribution in [3.05, 3.63) is 83.9 Å². The second-order valence-corrected chi connectivity index (χ2v) is 12.1. The molecule has 0 saturated carbocycles. The molecule has 1 fully saturated rings. The number of carboxylic acid groups (broad SMARTS) is 1. The van der Waals surface area contributed by atoms with E-state index in [1.165, 1.54) is 12.2 Å². The summed E-state index contributed by atoms with van der Waals surface area (Å²) in [7, 11) is 0. The van der Waals surface area contributed by atoms with E-state index in [9.17, 15) is 37.1 Å². The van der Waals surface area contributed by atoms with Crippen molar-refractivity contribution >= 4 is 35.8 Å². The zero-order valence-corrected chi connectivity index (χ0v) is 30.4. The molecule has 1 aliphatic heterocycles. The summed E-state index contributed by atoms with van der Waals surface area (Å²) in [4.78, 5) is 74.9. The Morgan fingerprint density at radius 3 is 2.02 bits per heavy atom. The molecular formula is C37H48F3N5O10. The van der Waals surface area contributed by atoms with Crippen molar-refractivity contribution in [3.63, 3.8) is 0 Å². The van der Waals surface area contributed by atoms with E-state index in [1.54, 1.807) is 6.92 Å². The molecule has 302 valence electrons. The van der Waals surface area contributed by atoms with Gasteiger partial charge in [0.1, 0.15) is 18.7 Å². The van der Waals surface area contributed by atoms with Crippen LogP contribution in [-0.2, 0) is 51.2 Å². The van der Waals surface area contributed by atoms with Crippen LogP contribution in [0.1, 0.15) is 43.7 Å². The molecule has 0 aromatic heterocycles. The third-order valence-electron chi connectivity index (χ3n) is 7.83. The number of primary amides is 1. The topological polar surface area (TPSA) is 216 Å². The highest BCUT2D eigenvalue weighted by Crippen LogP contribution is 2.13. The molecule has 2 aromatic carbocycles. The summed E-state index contributed by atoms with van der Waals surface area (Å²) >= 11 is 0. The lowest BCUT2D eigenvalue weighted by atomic mass is 10.0. The standard InChI is InChI=1S/C35H47N5O8.C2HF3O2/c1-2-47-32(42)18-16-28(15-17-31(36)41)37-34(44)30(24-26-10-5-3-6-11-26)38-33(43)29(14-9-19-40-20-22-46-23-21-40)39-35(45)48-25-27-12-7-4-8-13-27;3-2(4,5)1(6)7/h3-8,10-13,16,18,28-30H,2,9,14-15,17,19-25H2,1H3,(H2,36,41)(H,37,44)(H,38,43)(H,39,45);(H,6,7)/b18-16+;/t28-,29-,30-;/m0./s1. The number of morpholine rings is 1. The number of hydrogen-bond acceptors (Lipinski definition) is 10. The number of benzene rings is 2. The van der Waals surface area contributed by atoms with Crippen molar-refractivity contribution in [2.45, 2.75) is 69.9 Å². The number of alkyl carbamates (subject to hydrolysis) is 1. The van der Waals surface area contributed by atoms with Gasteiger partial charge in [-0.25, -0.2) is 14.4 Å². The van der Waals surface area contributed by atoms with Crippen LogP contribution in [0.15, 0.2) is 72.8 Å². The third-order valence-corrected chi connectivity index (χ3v) is 7.83. The Hall–Kier alpha value is -5.49. The molecule has 55 heavy (non-hydrogen) atoms. The number of carbonyl (C=O) groups excluding carboxylic acids is 5. The van der Waals surface area contributed by atoms with E-state index in [4.69, 9.17) is 29.8 Å². The zero-order valence-electron chi connectivity index (χ0n) is 30.4. The molecule has 1 saturated heterocycles. The highest BCUT2D eigenvalue weighted by atomic mass is 19.4. The van der Waals surface area contributed by atoms with Gasteiger partial charge in [-0.1, -0.05) is 66.7 Å². The van der Waals surface area contributed by atoms with Gasteiger partial charge < -0.3 is 41.0 Å². The molecule has 1 heterocycles. The van der Waals surface area contributed by atoms with Crippen LogP contribution >= 0.6 is 0 Å². The van der Waals surface area contributed by atoms with E-state index in [0.717, 1.165) is 24.2 Å². The second-order valence-electron chi connectivity index (χ2n) is 12.1.